The van der Waals surface area contributed by atoms with Crippen molar-refractivity contribution >= 4 is 11.9 Å². The van der Waals surface area contributed by atoms with E-state index >= 15 is 0 Å². The summed E-state index contributed by atoms with van der Waals surface area (Å²) in [4.78, 5) is 27.0. The highest BCUT2D eigenvalue weighted by Crippen LogP contribution is 2.31. The maximum Gasteiger partial charge on any atom is 0.417 e. The number of rotatable bonds is 7. The largest absolute Gasteiger partial charge is 0.493 e. The average Bonchev–Trinajstić information content (AvgIpc) is 2.65. The minimum atomic E-state index is -4.58. The number of amides is 1. The molecule has 0 radical (unpaired) electrons. The lowest BCUT2D eigenvalue weighted by molar-refractivity contribution is -0.138. The van der Waals surface area contributed by atoms with Gasteiger partial charge in [0.2, 0.25) is 0 Å². The zero-order valence-electron chi connectivity index (χ0n) is 14.9. The van der Waals surface area contributed by atoms with Crippen molar-refractivity contribution in [2.75, 3.05) is 14.2 Å². The van der Waals surface area contributed by atoms with Gasteiger partial charge in [0.05, 0.1) is 32.2 Å². The molecule has 0 saturated heterocycles. The number of benzene rings is 1. The minimum absolute atomic E-state index is 0.274. The number of carboxylic acid groups (broad SMARTS) is 1. The Labute approximate surface area is 158 Å². The number of carboxylic acids is 1. The molecule has 0 fully saturated rings. The molecule has 1 amide bonds. The van der Waals surface area contributed by atoms with Crippen molar-refractivity contribution in [3.8, 4) is 11.5 Å². The number of halogens is 3. The van der Waals surface area contributed by atoms with E-state index in [1.54, 1.807) is 12.1 Å². The Kier molecular flexibility index (Phi) is 6.45. The zero-order chi connectivity index (χ0) is 20.9. The maximum absolute atomic E-state index is 12.6. The van der Waals surface area contributed by atoms with Crippen LogP contribution in [0.15, 0.2) is 36.5 Å². The van der Waals surface area contributed by atoms with Gasteiger partial charge in [0, 0.05) is 6.20 Å². The zero-order valence-corrected chi connectivity index (χ0v) is 14.9. The fraction of sp³-hybridized carbons (Fsp3) is 0.278. The summed E-state index contributed by atoms with van der Waals surface area (Å²) in [5.74, 6) is -1.25. The first-order valence-electron chi connectivity index (χ1n) is 7.93. The van der Waals surface area contributed by atoms with E-state index in [1.165, 1.54) is 20.3 Å². The van der Waals surface area contributed by atoms with Gasteiger partial charge in [-0.15, -0.1) is 0 Å². The van der Waals surface area contributed by atoms with Crippen LogP contribution >= 0.6 is 0 Å². The second kappa shape index (κ2) is 8.59. The lowest BCUT2D eigenvalue weighted by atomic mass is 10.0. The lowest BCUT2D eigenvalue weighted by Gasteiger charge is -2.19. The third-order valence-electron chi connectivity index (χ3n) is 3.82. The fourth-order valence-electron chi connectivity index (χ4n) is 2.42. The van der Waals surface area contributed by atoms with Gasteiger partial charge in [-0.3, -0.25) is 14.6 Å². The number of methoxy groups -OCH3 is 2. The predicted molar refractivity (Wildman–Crippen MR) is 91.2 cm³/mol. The number of nitrogens with zero attached hydrogens (tertiary/aromatic N) is 1. The number of carbonyl (C=O) groups excluding carboxylic acids is 1. The normalized spacial score (nSPS) is 12.2. The Morgan fingerprint density at radius 2 is 1.82 bits per heavy atom. The number of alkyl halides is 3. The van der Waals surface area contributed by atoms with Crippen molar-refractivity contribution in [2.24, 2.45) is 0 Å². The van der Waals surface area contributed by atoms with Crippen molar-refractivity contribution in [1.29, 1.82) is 0 Å². The maximum atomic E-state index is 12.6. The molecule has 150 valence electrons. The van der Waals surface area contributed by atoms with Crippen LogP contribution in [0.3, 0.4) is 0 Å². The Balaban J connectivity index is 2.27. The molecule has 0 spiro atoms. The van der Waals surface area contributed by atoms with Gasteiger partial charge in [0.1, 0.15) is 5.69 Å². The molecule has 7 nitrogen and oxygen atoms in total. The first kappa shape index (κ1) is 21.0. The number of carbonyl (C=O) groups is 2. The SMILES string of the molecule is COc1ccc(C(CC(=O)O)NC(=O)c2ccc(C(F)(F)F)cn2)cc1OC. The van der Waals surface area contributed by atoms with E-state index in [9.17, 15) is 22.8 Å². The van der Waals surface area contributed by atoms with E-state index < -0.39 is 36.1 Å². The number of aliphatic carboxylic acids is 1. The summed E-state index contributed by atoms with van der Waals surface area (Å²) < 4.78 is 48.1. The van der Waals surface area contributed by atoms with E-state index in [1.807, 2.05) is 0 Å². The summed E-state index contributed by atoms with van der Waals surface area (Å²) >= 11 is 0. The van der Waals surface area contributed by atoms with Gasteiger partial charge in [-0.2, -0.15) is 13.2 Å². The van der Waals surface area contributed by atoms with Crippen LogP contribution in [-0.4, -0.2) is 36.2 Å². The summed E-state index contributed by atoms with van der Waals surface area (Å²) in [7, 11) is 2.84. The molecule has 28 heavy (non-hydrogen) atoms. The van der Waals surface area contributed by atoms with E-state index in [4.69, 9.17) is 14.6 Å². The van der Waals surface area contributed by atoms with Gasteiger partial charge in [-0.1, -0.05) is 6.07 Å². The van der Waals surface area contributed by atoms with E-state index in [0.29, 0.717) is 23.3 Å². The van der Waals surface area contributed by atoms with Crippen LogP contribution in [0, 0.1) is 0 Å². The van der Waals surface area contributed by atoms with Crippen LogP contribution in [0.1, 0.15) is 34.1 Å². The molecule has 0 aliphatic rings. The molecule has 10 heteroatoms. The van der Waals surface area contributed by atoms with Crippen LogP contribution in [0.4, 0.5) is 13.2 Å². The summed E-state index contributed by atoms with van der Waals surface area (Å²) in [5.41, 5.74) is -0.852. The number of nitrogens with one attached hydrogen (secondary N) is 1. The fourth-order valence-corrected chi connectivity index (χ4v) is 2.42. The molecular weight excluding hydrogens is 381 g/mol. The quantitative estimate of drug-likeness (QED) is 0.744. The Bertz CT molecular complexity index is 853. The number of ether oxygens (including phenoxy) is 2. The van der Waals surface area contributed by atoms with Crippen molar-refractivity contribution in [3.05, 3.63) is 53.3 Å². The smallest absolute Gasteiger partial charge is 0.417 e. The Morgan fingerprint density at radius 1 is 1.14 bits per heavy atom. The van der Waals surface area contributed by atoms with Gasteiger partial charge in [0.25, 0.3) is 5.91 Å². The molecule has 2 N–H and O–H groups in total. The molecule has 1 aromatic carbocycles. The Morgan fingerprint density at radius 3 is 2.32 bits per heavy atom. The molecule has 1 aromatic heterocycles. The number of hydrogen-bond acceptors (Lipinski definition) is 5. The molecule has 0 aliphatic carbocycles. The van der Waals surface area contributed by atoms with Crippen LogP contribution < -0.4 is 14.8 Å². The molecule has 1 unspecified atom stereocenters. The van der Waals surface area contributed by atoms with Gasteiger partial charge in [-0.25, -0.2) is 0 Å². The lowest BCUT2D eigenvalue weighted by Crippen LogP contribution is -2.31. The van der Waals surface area contributed by atoms with E-state index in [-0.39, 0.29) is 5.69 Å². The van der Waals surface area contributed by atoms with Gasteiger partial charge < -0.3 is 19.9 Å². The highest BCUT2D eigenvalue weighted by Gasteiger charge is 2.31. The second-order valence-electron chi connectivity index (χ2n) is 5.67. The molecular formula is C18H17F3N2O5. The monoisotopic (exact) mass is 398 g/mol. The predicted octanol–water partition coefficient (Wildman–Crippen LogP) is 3.06. The average molecular weight is 398 g/mol. The van der Waals surface area contributed by atoms with E-state index in [2.05, 4.69) is 10.3 Å². The van der Waals surface area contributed by atoms with E-state index in [0.717, 1.165) is 12.1 Å². The van der Waals surface area contributed by atoms with Crippen LogP contribution in [0.2, 0.25) is 0 Å². The first-order chi connectivity index (χ1) is 13.2. The molecule has 2 aromatic rings. The third-order valence-corrected chi connectivity index (χ3v) is 3.82. The third kappa shape index (κ3) is 5.12. The van der Waals surface area contributed by atoms with Crippen molar-refractivity contribution in [1.82, 2.24) is 10.3 Å². The summed E-state index contributed by atoms with van der Waals surface area (Å²) in [6, 6.07) is 5.29. The van der Waals surface area contributed by atoms with Gasteiger partial charge in [0.15, 0.2) is 11.5 Å². The van der Waals surface area contributed by atoms with Crippen LogP contribution in [0.5, 0.6) is 11.5 Å². The minimum Gasteiger partial charge on any atom is -0.493 e. The van der Waals surface area contributed by atoms with Crippen LogP contribution in [0.25, 0.3) is 0 Å². The number of pyridine rings is 1. The molecule has 1 atom stereocenters. The highest BCUT2D eigenvalue weighted by atomic mass is 19.4. The Hall–Kier alpha value is -3.30. The molecule has 0 aliphatic heterocycles. The number of aromatic nitrogens is 1. The number of hydrogen-bond donors (Lipinski definition) is 2. The van der Waals surface area contributed by atoms with Crippen molar-refractivity contribution < 1.29 is 37.3 Å². The summed E-state index contributed by atoms with van der Waals surface area (Å²) in [6.45, 7) is 0. The van der Waals surface area contributed by atoms with Crippen molar-refractivity contribution in [3.63, 3.8) is 0 Å². The van der Waals surface area contributed by atoms with Gasteiger partial charge in [-0.05, 0) is 29.8 Å². The molecule has 1 heterocycles. The summed E-state index contributed by atoms with van der Waals surface area (Å²) in [5, 5.41) is 11.6. The molecule has 2 rings (SSSR count). The van der Waals surface area contributed by atoms with Gasteiger partial charge >= 0.3 is 12.1 Å². The topological polar surface area (TPSA) is 97.8 Å². The standard InChI is InChI=1S/C18H17F3N2O5/c1-27-14-6-3-10(7-15(14)28-2)13(8-16(24)25)23-17(26)12-5-4-11(9-22-12)18(19,20)21/h3-7,9,13H,8H2,1-2H3,(H,23,26)(H,24,25). The summed E-state index contributed by atoms with van der Waals surface area (Å²) in [6.07, 6.45) is -4.49. The highest BCUT2D eigenvalue weighted by molar-refractivity contribution is 5.92. The molecule has 0 saturated carbocycles. The second-order valence-corrected chi connectivity index (χ2v) is 5.67. The van der Waals surface area contributed by atoms with Crippen molar-refractivity contribution in [2.45, 2.75) is 18.6 Å². The van der Waals surface area contributed by atoms with Crippen LogP contribution in [-0.2, 0) is 11.0 Å². The molecule has 0 bridgehead atoms. The first-order valence-corrected chi connectivity index (χ1v) is 7.93.